The lowest BCUT2D eigenvalue weighted by Gasteiger charge is -2.14. The lowest BCUT2D eigenvalue weighted by atomic mass is 9.93. The topological polar surface area (TPSA) is 86.0 Å². The Balaban J connectivity index is 0.000000188. The molecule has 0 aliphatic heterocycles. The summed E-state index contributed by atoms with van der Waals surface area (Å²) in [5.74, 6) is 2.15. The van der Waals surface area contributed by atoms with Gasteiger partial charge in [0.1, 0.15) is 5.82 Å². The van der Waals surface area contributed by atoms with E-state index in [2.05, 4.69) is 78.4 Å². The van der Waals surface area contributed by atoms with Crippen molar-refractivity contribution in [3.8, 4) is 0 Å². The van der Waals surface area contributed by atoms with Gasteiger partial charge in [-0.15, -0.1) is 0 Å². The molecular formula is C19H32N6. The van der Waals surface area contributed by atoms with Crippen LogP contribution in [0.5, 0.6) is 0 Å². The number of hydrogen-bond acceptors (Lipinski definition) is 3. The van der Waals surface area contributed by atoms with Gasteiger partial charge in [0.25, 0.3) is 0 Å². The molecule has 3 aromatic heterocycles. The van der Waals surface area contributed by atoms with E-state index < -0.39 is 0 Å². The fourth-order valence-corrected chi connectivity index (χ4v) is 1.84. The summed E-state index contributed by atoms with van der Waals surface area (Å²) in [6.07, 6.45) is 10.7. The second kappa shape index (κ2) is 9.81. The first kappa shape index (κ1) is 20.7. The van der Waals surface area contributed by atoms with Crippen LogP contribution < -0.4 is 0 Å². The zero-order valence-electron chi connectivity index (χ0n) is 16.5. The van der Waals surface area contributed by atoms with Crippen LogP contribution in [0.3, 0.4) is 0 Å². The van der Waals surface area contributed by atoms with Crippen molar-refractivity contribution in [3.63, 3.8) is 0 Å². The Morgan fingerprint density at radius 3 is 1.72 bits per heavy atom. The van der Waals surface area contributed by atoms with Crippen LogP contribution in [0.15, 0.2) is 37.4 Å². The number of nitrogens with zero attached hydrogens (tertiary/aromatic N) is 3. The van der Waals surface area contributed by atoms with Gasteiger partial charge in [-0.25, -0.2) is 15.0 Å². The molecule has 25 heavy (non-hydrogen) atoms. The summed E-state index contributed by atoms with van der Waals surface area (Å²) >= 11 is 0. The Kier molecular flexibility index (Phi) is 8.11. The average Bonchev–Trinajstić information content (AvgIpc) is 3.28. The van der Waals surface area contributed by atoms with Crippen LogP contribution in [-0.2, 0) is 5.41 Å². The first-order valence-electron chi connectivity index (χ1n) is 8.68. The third-order valence-corrected chi connectivity index (χ3v) is 3.51. The number of aromatic nitrogens is 6. The molecular weight excluding hydrogens is 312 g/mol. The zero-order valence-corrected chi connectivity index (χ0v) is 16.5. The molecule has 3 N–H and O–H groups in total. The van der Waals surface area contributed by atoms with Crippen LogP contribution in [0, 0.1) is 0 Å². The monoisotopic (exact) mass is 344 g/mol. The third kappa shape index (κ3) is 7.83. The fraction of sp³-hybridized carbons (Fsp3) is 0.526. The molecule has 0 atom stereocenters. The van der Waals surface area contributed by atoms with Crippen LogP contribution >= 0.6 is 0 Å². The molecule has 0 radical (unpaired) electrons. The maximum absolute atomic E-state index is 4.06. The molecule has 3 aromatic rings. The fourth-order valence-electron chi connectivity index (χ4n) is 1.84. The van der Waals surface area contributed by atoms with Gasteiger partial charge in [-0.3, -0.25) is 0 Å². The second-order valence-electron chi connectivity index (χ2n) is 7.51. The number of aromatic amines is 3. The highest BCUT2D eigenvalue weighted by Crippen LogP contribution is 2.17. The Morgan fingerprint density at radius 2 is 1.48 bits per heavy atom. The molecule has 3 heterocycles. The maximum atomic E-state index is 4.06. The van der Waals surface area contributed by atoms with E-state index in [9.17, 15) is 0 Å². The lowest BCUT2D eigenvalue weighted by Crippen LogP contribution is -2.10. The van der Waals surface area contributed by atoms with Crippen molar-refractivity contribution in [3.05, 3.63) is 54.7 Å². The van der Waals surface area contributed by atoms with E-state index in [4.69, 9.17) is 0 Å². The van der Waals surface area contributed by atoms with E-state index >= 15 is 0 Å². The zero-order chi connectivity index (χ0) is 18.9. The molecule has 0 unspecified atom stereocenters. The summed E-state index contributed by atoms with van der Waals surface area (Å²) in [4.78, 5) is 21.0. The van der Waals surface area contributed by atoms with Crippen molar-refractivity contribution in [2.75, 3.05) is 0 Å². The molecule has 0 aliphatic rings. The summed E-state index contributed by atoms with van der Waals surface area (Å²) < 4.78 is 0. The molecule has 0 saturated carbocycles. The number of hydrogen-bond donors (Lipinski definition) is 3. The van der Waals surface area contributed by atoms with Crippen molar-refractivity contribution < 1.29 is 0 Å². The van der Waals surface area contributed by atoms with E-state index in [0.29, 0.717) is 11.8 Å². The first-order chi connectivity index (χ1) is 11.7. The van der Waals surface area contributed by atoms with Crippen LogP contribution in [0.2, 0.25) is 0 Å². The molecule has 6 heteroatoms. The normalized spacial score (nSPS) is 10.9. The SMILES string of the molecule is CC(C)(C)c1cnc[nH]1.CC(C)c1cnc[nH]1.CC(C)c1ncc[nH]1. The van der Waals surface area contributed by atoms with Crippen LogP contribution in [0.1, 0.15) is 77.5 Å². The largest absolute Gasteiger partial charge is 0.348 e. The van der Waals surface area contributed by atoms with Gasteiger partial charge in [0, 0.05) is 47.5 Å². The van der Waals surface area contributed by atoms with E-state index in [1.807, 2.05) is 18.6 Å². The summed E-state index contributed by atoms with van der Waals surface area (Å²) in [5, 5.41) is 0. The molecule has 0 spiro atoms. The van der Waals surface area contributed by atoms with E-state index in [1.165, 1.54) is 11.4 Å². The van der Waals surface area contributed by atoms with Crippen molar-refractivity contribution in [2.24, 2.45) is 0 Å². The minimum atomic E-state index is 0.205. The molecule has 0 amide bonds. The number of rotatable bonds is 2. The number of H-pyrrole nitrogens is 3. The third-order valence-electron chi connectivity index (χ3n) is 3.51. The van der Waals surface area contributed by atoms with Crippen molar-refractivity contribution in [2.45, 2.75) is 65.7 Å². The predicted octanol–water partition coefficient (Wildman–Crippen LogP) is 4.77. The van der Waals surface area contributed by atoms with Gasteiger partial charge in [0.05, 0.1) is 12.7 Å². The Labute approximate surface area is 150 Å². The first-order valence-corrected chi connectivity index (χ1v) is 8.68. The van der Waals surface area contributed by atoms with Crippen molar-refractivity contribution in [1.29, 1.82) is 0 Å². The average molecular weight is 345 g/mol. The smallest absolute Gasteiger partial charge is 0.108 e. The van der Waals surface area contributed by atoms with Crippen LogP contribution in [-0.4, -0.2) is 29.9 Å². The molecule has 0 aliphatic carbocycles. The molecule has 0 saturated heterocycles. The van der Waals surface area contributed by atoms with E-state index in [1.54, 1.807) is 18.9 Å². The van der Waals surface area contributed by atoms with Crippen molar-refractivity contribution >= 4 is 0 Å². The van der Waals surface area contributed by atoms with Gasteiger partial charge >= 0.3 is 0 Å². The molecule has 138 valence electrons. The molecule has 0 bridgehead atoms. The number of imidazole rings is 3. The summed E-state index contributed by atoms with van der Waals surface area (Å²) in [6, 6.07) is 0. The van der Waals surface area contributed by atoms with Crippen molar-refractivity contribution in [1.82, 2.24) is 29.9 Å². The quantitative estimate of drug-likeness (QED) is 0.625. The Hall–Kier alpha value is -2.37. The molecule has 0 aromatic carbocycles. The summed E-state index contributed by atoms with van der Waals surface area (Å²) in [5.41, 5.74) is 2.59. The number of nitrogens with one attached hydrogen (secondary N) is 3. The molecule has 3 rings (SSSR count). The van der Waals surface area contributed by atoms with Crippen LogP contribution in [0.4, 0.5) is 0 Å². The molecule has 0 fully saturated rings. The highest BCUT2D eigenvalue weighted by molar-refractivity contribution is 5.07. The summed E-state index contributed by atoms with van der Waals surface area (Å²) in [7, 11) is 0. The predicted molar refractivity (Wildman–Crippen MR) is 103 cm³/mol. The molecule has 6 nitrogen and oxygen atoms in total. The lowest BCUT2D eigenvalue weighted by molar-refractivity contribution is 0.572. The van der Waals surface area contributed by atoms with E-state index in [0.717, 1.165) is 5.82 Å². The Bertz CT molecular complexity index is 605. The van der Waals surface area contributed by atoms with E-state index in [-0.39, 0.29) is 5.41 Å². The second-order valence-corrected chi connectivity index (χ2v) is 7.51. The minimum absolute atomic E-state index is 0.205. The minimum Gasteiger partial charge on any atom is -0.348 e. The standard InChI is InChI=1S/C7H12N2.2C6H10N2/c1-7(2,3)6-4-8-5-9-6;1-5(2)6-3-7-4-8-6;1-5(2)6-7-3-4-8-6/h4-5H,1-3H3,(H,8,9);2*3-5H,1-2H3,(H,7,8). The van der Waals surface area contributed by atoms with Gasteiger partial charge in [-0.1, -0.05) is 48.5 Å². The van der Waals surface area contributed by atoms with Crippen LogP contribution in [0.25, 0.3) is 0 Å². The van der Waals surface area contributed by atoms with Gasteiger partial charge < -0.3 is 15.0 Å². The highest BCUT2D eigenvalue weighted by atomic mass is 14.9. The summed E-state index contributed by atoms with van der Waals surface area (Å²) in [6.45, 7) is 14.9. The van der Waals surface area contributed by atoms with Gasteiger partial charge in [0.2, 0.25) is 0 Å². The van der Waals surface area contributed by atoms with Gasteiger partial charge in [0.15, 0.2) is 0 Å². The highest BCUT2D eigenvalue weighted by Gasteiger charge is 2.13. The maximum Gasteiger partial charge on any atom is 0.108 e. The van der Waals surface area contributed by atoms with Gasteiger partial charge in [-0.05, 0) is 5.92 Å². The van der Waals surface area contributed by atoms with Gasteiger partial charge in [-0.2, -0.15) is 0 Å². The Morgan fingerprint density at radius 1 is 0.840 bits per heavy atom.